The van der Waals surface area contributed by atoms with Gasteiger partial charge in [0.25, 0.3) is 11.6 Å². The average molecular weight is 373 g/mol. The van der Waals surface area contributed by atoms with Gasteiger partial charge in [-0.25, -0.2) is 4.79 Å². The van der Waals surface area contributed by atoms with Crippen molar-refractivity contribution in [3.63, 3.8) is 0 Å². The van der Waals surface area contributed by atoms with Gasteiger partial charge in [-0.1, -0.05) is 12.1 Å². The van der Waals surface area contributed by atoms with Gasteiger partial charge in [0.05, 0.1) is 17.6 Å². The molecule has 2 N–H and O–H groups in total. The minimum atomic E-state index is -0.819. The number of nitro benzene ring substituents is 1. The van der Waals surface area contributed by atoms with E-state index in [1.807, 2.05) is 0 Å². The van der Waals surface area contributed by atoms with Crippen molar-refractivity contribution >= 4 is 23.3 Å². The molecule has 0 saturated carbocycles. The average Bonchev–Trinajstić information content (AvgIpc) is 2.70. The second kappa shape index (κ2) is 9.18. The van der Waals surface area contributed by atoms with Crippen molar-refractivity contribution in [1.82, 2.24) is 5.32 Å². The molecule has 0 bridgehead atoms. The van der Waals surface area contributed by atoms with Crippen molar-refractivity contribution in [2.75, 3.05) is 26.1 Å². The van der Waals surface area contributed by atoms with E-state index in [2.05, 4.69) is 10.6 Å². The monoisotopic (exact) mass is 373 g/mol. The van der Waals surface area contributed by atoms with E-state index in [-0.39, 0.29) is 23.5 Å². The summed E-state index contributed by atoms with van der Waals surface area (Å²) in [6.45, 7) is -0.223. The number of methoxy groups -OCH3 is 1. The molecule has 2 aromatic carbocycles. The molecule has 1 amide bonds. The van der Waals surface area contributed by atoms with Crippen LogP contribution in [0, 0.1) is 10.1 Å². The molecule has 9 heteroatoms. The molecule has 0 spiro atoms. The van der Waals surface area contributed by atoms with Crippen molar-refractivity contribution < 1.29 is 24.0 Å². The standard InChI is InChI=1S/C18H19N3O6/c1-19-15-8-5-13(9-16(15)21(24)25)18(23)27-11-17(22)20-10-12-3-6-14(26-2)7-4-12/h3-9,19H,10-11H2,1-2H3,(H,20,22). The van der Waals surface area contributed by atoms with Crippen LogP contribution in [0.15, 0.2) is 42.5 Å². The van der Waals surface area contributed by atoms with E-state index in [1.54, 1.807) is 31.4 Å². The van der Waals surface area contributed by atoms with Gasteiger partial charge in [-0.2, -0.15) is 0 Å². The second-order valence-corrected chi connectivity index (χ2v) is 5.44. The first-order valence-electron chi connectivity index (χ1n) is 7.97. The van der Waals surface area contributed by atoms with E-state index < -0.39 is 23.4 Å². The Kier molecular flexibility index (Phi) is 6.70. The number of rotatable bonds is 8. The first-order chi connectivity index (χ1) is 12.9. The predicted octanol–water partition coefficient (Wildman–Crippen LogP) is 2.12. The van der Waals surface area contributed by atoms with Crippen LogP contribution in [0.3, 0.4) is 0 Å². The van der Waals surface area contributed by atoms with Crippen LogP contribution >= 0.6 is 0 Å². The minimum absolute atomic E-state index is 0.0105. The summed E-state index contributed by atoms with van der Waals surface area (Å²) in [5, 5.41) is 16.3. The van der Waals surface area contributed by atoms with Crippen LogP contribution in [0.5, 0.6) is 5.75 Å². The molecule has 9 nitrogen and oxygen atoms in total. The van der Waals surface area contributed by atoms with Crippen molar-refractivity contribution in [3.8, 4) is 5.75 Å². The fourth-order valence-corrected chi connectivity index (χ4v) is 2.23. The van der Waals surface area contributed by atoms with Crippen molar-refractivity contribution in [2.24, 2.45) is 0 Å². The highest BCUT2D eigenvalue weighted by Crippen LogP contribution is 2.25. The van der Waals surface area contributed by atoms with Crippen LogP contribution in [-0.4, -0.2) is 37.6 Å². The SMILES string of the molecule is CNc1ccc(C(=O)OCC(=O)NCc2ccc(OC)cc2)cc1[N+](=O)[O-]. The maximum Gasteiger partial charge on any atom is 0.338 e. The molecule has 0 aliphatic carbocycles. The number of nitrogens with zero attached hydrogens (tertiary/aromatic N) is 1. The quantitative estimate of drug-likeness (QED) is 0.413. The Morgan fingerprint density at radius 2 is 1.85 bits per heavy atom. The third-order valence-electron chi connectivity index (χ3n) is 3.68. The second-order valence-electron chi connectivity index (χ2n) is 5.44. The fraction of sp³-hybridized carbons (Fsp3) is 0.222. The summed E-state index contributed by atoms with van der Waals surface area (Å²) in [7, 11) is 3.10. The Bertz CT molecular complexity index is 835. The number of ether oxygens (including phenoxy) is 2. The maximum atomic E-state index is 12.0. The smallest absolute Gasteiger partial charge is 0.338 e. The van der Waals surface area contributed by atoms with Gasteiger partial charge < -0.3 is 20.1 Å². The Balaban J connectivity index is 1.88. The molecule has 27 heavy (non-hydrogen) atoms. The number of anilines is 1. The van der Waals surface area contributed by atoms with Crippen molar-refractivity contribution in [1.29, 1.82) is 0 Å². The summed E-state index contributed by atoms with van der Waals surface area (Å²) in [4.78, 5) is 34.2. The topological polar surface area (TPSA) is 120 Å². The Morgan fingerprint density at radius 3 is 2.44 bits per heavy atom. The Morgan fingerprint density at radius 1 is 1.15 bits per heavy atom. The number of esters is 1. The molecule has 0 atom stereocenters. The highest BCUT2D eigenvalue weighted by molar-refractivity contribution is 5.93. The molecule has 2 aromatic rings. The lowest BCUT2D eigenvalue weighted by Crippen LogP contribution is -2.28. The third kappa shape index (κ3) is 5.43. The van der Waals surface area contributed by atoms with Gasteiger partial charge in [0.1, 0.15) is 11.4 Å². The van der Waals surface area contributed by atoms with Crippen LogP contribution in [0.4, 0.5) is 11.4 Å². The molecular formula is C18H19N3O6. The fourth-order valence-electron chi connectivity index (χ4n) is 2.23. The highest BCUT2D eigenvalue weighted by Gasteiger charge is 2.18. The van der Waals surface area contributed by atoms with E-state index in [9.17, 15) is 19.7 Å². The first kappa shape index (κ1) is 19.7. The third-order valence-corrected chi connectivity index (χ3v) is 3.68. The zero-order chi connectivity index (χ0) is 19.8. The van der Waals surface area contributed by atoms with Gasteiger partial charge in [0.2, 0.25) is 0 Å². The number of amides is 1. The highest BCUT2D eigenvalue weighted by atomic mass is 16.6. The lowest BCUT2D eigenvalue weighted by molar-refractivity contribution is -0.384. The number of hydrogen-bond donors (Lipinski definition) is 2. The Hall–Kier alpha value is -3.62. The minimum Gasteiger partial charge on any atom is -0.497 e. The normalized spacial score (nSPS) is 10.0. The summed E-state index contributed by atoms with van der Waals surface area (Å²) in [5.41, 5.74) is 0.863. The van der Waals surface area contributed by atoms with Crippen molar-refractivity contribution in [2.45, 2.75) is 6.54 Å². The molecule has 0 aliphatic rings. The van der Waals surface area contributed by atoms with Crippen LogP contribution < -0.4 is 15.4 Å². The van der Waals surface area contributed by atoms with E-state index in [4.69, 9.17) is 9.47 Å². The lowest BCUT2D eigenvalue weighted by atomic mass is 10.1. The maximum absolute atomic E-state index is 12.0. The number of benzene rings is 2. The number of carbonyl (C=O) groups excluding carboxylic acids is 2. The predicted molar refractivity (Wildman–Crippen MR) is 97.8 cm³/mol. The molecule has 0 aromatic heterocycles. The first-order valence-corrected chi connectivity index (χ1v) is 7.97. The largest absolute Gasteiger partial charge is 0.497 e. The molecule has 0 radical (unpaired) electrons. The van der Waals surface area contributed by atoms with E-state index >= 15 is 0 Å². The Labute approximate surface area is 155 Å². The molecule has 0 unspecified atom stereocenters. The number of carbonyl (C=O) groups is 2. The molecule has 0 aliphatic heterocycles. The molecule has 0 fully saturated rings. The lowest BCUT2D eigenvalue weighted by Gasteiger charge is -2.08. The molecular weight excluding hydrogens is 354 g/mol. The van der Waals surface area contributed by atoms with E-state index in [0.717, 1.165) is 11.6 Å². The number of hydrogen-bond acceptors (Lipinski definition) is 7. The number of nitrogens with one attached hydrogen (secondary N) is 2. The van der Waals surface area contributed by atoms with Gasteiger partial charge in [-0.3, -0.25) is 14.9 Å². The van der Waals surface area contributed by atoms with E-state index in [0.29, 0.717) is 5.75 Å². The summed E-state index contributed by atoms with van der Waals surface area (Å²) in [6, 6.07) is 11.0. The molecule has 2 rings (SSSR count). The molecule has 0 saturated heterocycles. The summed E-state index contributed by atoms with van der Waals surface area (Å²) < 4.78 is 9.96. The van der Waals surface area contributed by atoms with Gasteiger partial charge >= 0.3 is 5.97 Å². The van der Waals surface area contributed by atoms with Gasteiger partial charge in [0.15, 0.2) is 6.61 Å². The van der Waals surface area contributed by atoms with Crippen molar-refractivity contribution in [3.05, 3.63) is 63.7 Å². The van der Waals surface area contributed by atoms with Gasteiger partial charge in [-0.05, 0) is 29.8 Å². The summed E-state index contributed by atoms with van der Waals surface area (Å²) in [5.74, 6) is -0.599. The molecule has 142 valence electrons. The van der Waals surface area contributed by atoms with Crippen LogP contribution in [0.25, 0.3) is 0 Å². The van der Waals surface area contributed by atoms with E-state index in [1.165, 1.54) is 19.2 Å². The van der Waals surface area contributed by atoms with Crippen LogP contribution in [-0.2, 0) is 16.1 Å². The van der Waals surface area contributed by atoms with Gasteiger partial charge in [0, 0.05) is 19.7 Å². The summed E-state index contributed by atoms with van der Waals surface area (Å²) >= 11 is 0. The zero-order valence-corrected chi connectivity index (χ0v) is 14.9. The van der Waals surface area contributed by atoms with Crippen LogP contribution in [0.1, 0.15) is 15.9 Å². The zero-order valence-electron chi connectivity index (χ0n) is 14.9. The summed E-state index contributed by atoms with van der Waals surface area (Å²) in [6.07, 6.45) is 0. The number of nitro groups is 1. The molecule has 0 heterocycles. The van der Waals surface area contributed by atoms with Gasteiger partial charge in [-0.15, -0.1) is 0 Å². The van der Waals surface area contributed by atoms with Crippen LogP contribution in [0.2, 0.25) is 0 Å².